The molecular weight excluding hydrogens is 408 g/mol. The number of aromatic nitrogens is 4. The summed E-state index contributed by atoms with van der Waals surface area (Å²) in [6.45, 7) is 5.49. The molecule has 4 rings (SSSR count). The van der Waals surface area contributed by atoms with E-state index in [0.717, 1.165) is 55.6 Å². The minimum Gasteiger partial charge on any atom is -0.491 e. The second kappa shape index (κ2) is 10.3. The summed E-state index contributed by atoms with van der Waals surface area (Å²) in [7, 11) is 0. The van der Waals surface area contributed by atoms with Crippen LogP contribution in [-0.4, -0.2) is 62.0 Å². The van der Waals surface area contributed by atoms with Crippen molar-refractivity contribution in [1.82, 2.24) is 30.0 Å². The lowest BCUT2D eigenvalue weighted by Crippen LogP contribution is -2.30. The predicted octanol–water partition coefficient (Wildman–Crippen LogP) is 1.59. The number of hydrogen-bond acceptors (Lipinski definition) is 7. The van der Waals surface area contributed by atoms with Crippen LogP contribution in [0.15, 0.2) is 48.8 Å². The highest BCUT2D eigenvalue weighted by Crippen LogP contribution is 2.19. The molecule has 32 heavy (non-hydrogen) atoms. The van der Waals surface area contributed by atoms with Gasteiger partial charge in [-0.2, -0.15) is 0 Å². The number of aliphatic hydroxyl groups is 1. The quantitative estimate of drug-likeness (QED) is 0.552. The third-order valence-electron chi connectivity index (χ3n) is 5.47. The molecule has 0 fully saturated rings. The van der Waals surface area contributed by atoms with Crippen LogP contribution in [0.25, 0.3) is 0 Å². The van der Waals surface area contributed by atoms with Gasteiger partial charge in [0, 0.05) is 45.0 Å². The van der Waals surface area contributed by atoms with E-state index in [1.807, 2.05) is 25.1 Å². The largest absolute Gasteiger partial charge is 0.491 e. The molecule has 3 heterocycles. The van der Waals surface area contributed by atoms with Crippen molar-refractivity contribution >= 4 is 5.91 Å². The van der Waals surface area contributed by atoms with Crippen LogP contribution in [0, 0.1) is 0 Å². The lowest BCUT2D eigenvalue weighted by atomic mass is 10.2. The SMILES string of the molecule is C[C@H](NC(=O)c1cccnc1)c1nnc2n1CCN(Cc1cccc(OCCO)c1)CC2. The first-order valence-corrected chi connectivity index (χ1v) is 10.8. The summed E-state index contributed by atoms with van der Waals surface area (Å²) in [6, 6.07) is 11.2. The molecule has 9 nitrogen and oxygen atoms in total. The summed E-state index contributed by atoms with van der Waals surface area (Å²) in [6.07, 6.45) is 3.98. The van der Waals surface area contributed by atoms with Crippen molar-refractivity contribution in [3.8, 4) is 5.75 Å². The number of rotatable bonds is 8. The Balaban J connectivity index is 1.38. The zero-order valence-corrected chi connectivity index (χ0v) is 18.1. The number of benzene rings is 1. The zero-order valence-electron chi connectivity index (χ0n) is 18.1. The Bertz CT molecular complexity index is 1040. The number of ether oxygens (including phenoxy) is 1. The van der Waals surface area contributed by atoms with E-state index in [0.29, 0.717) is 12.2 Å². The Kier molecular flexibility index (Phi) is 7.08. The maximum Gasteiger partial charge on any atom is 0.253 e. The van der Waals surface area contributed by atoms with Crippen LogP contribution in [0.1, 0.15) is 40.5 Å². The van der Waals surface area contributed by atoms with Gasteiger partial charge in [-0.25, -0.2) is 0 Å². The van der Waals surface area contributed by atoms with Gasteiger partial charge in [0.2, 0.25) is 0 Å². The van der Waals surface area contributed by atoms with E-state index < -0.39 is 0 Å². The molecule has 0 saturated heterocycles. The van der Waals surface area contributed by atoms with E-state index in [2.05, 4.69) is 36.0 Å². The highest BCUT2D eigenvalue weighted by atomic mass is 16.5. The minimum absolute atomic E-state index is 0.000695. The summed E-state index contributed by atoms with van der Waals surface area (Å²) >= 11 is 0. The molecule has 0 bridgehead atoms. The van der Waals surface area contributed by atoms with Crippen LogP contribution in [0.2, 0.25) is 0 Å². The van der Waals surface area contributed by atoms with Crippen molar-refractivity contribution in [3.05, 3.63) is 71.6 Å². The smallest absolute Gasteiger partial charge is 0.253 e. The molecule has 3 aromatic rings. The van der Waals surface area contributed by atoms with Gasteiger partial charge in [-0.05, 0) is 36.8 Å². The van der Waals surface area contributed by atoms with Crippen molar-refractivity contribution in [1.29, 1.82) is 0 Å². The van der Waals surface area contributed by atoms with Crippen molar-refractivity contribution in [2.24, 2.45) is 0 Å². The number of pyridine rings is 1. The molecule has 9 heteroatoms. The van der Waals surface area contributed by atoms with Gasteiger partial charge >= 0.3 is 0 Å². The van der Waals surface area contributed by atoms with Crippen molar-refractivity contribution in [2.75, 3.05) is 26.3 Å². The van der Waals surface area contributed by atoms with E-state index in [-0.39, 0.29) is 18.6 Å². The zero-order chi connectivity index (χ0) is 22.3. The van der Waals surface area contributed by atoms with Gasteiger partial charge in [-0.1, -0.05) is 12.1 Å². The van der Waals surface area contributed by atoms with Gasteiger partial charge < -0.3 is 19.7 Å². The Morgan fingerprint density at radius 2 is 2.12 bits per heavy atom. The average molecular weight is 437 g/mol. The minimum atomic E-state index is -0.268. The Labute approximate surface area is 187 Å². The fourth-order valence-electron chi connectivity index (χ4n) is 3.86. The van der Waals surface area contributed by atoms with E-state index in [1.165, 1.54) is 0 Å². The molecule has 1 aliphatic heterocycles. The number of fused-ring (bicyclic) bond motifs is 1. The summed E-state index contributed by atoms with van der Waals surface area (Å²) in [5.74, 6) is 2.29. The summed E-state index contributed by atoms with van der Waals surface area (Å²) < 4.78 is 7.64. The normalized spacial score (nSPS) is 14.9. The highest BCUT2D eigenvalue weighted by molar-refractivity contribution is 5.94. The van der Waals surface area contributed by atoms with Gasteiger partial charge in [0.1, 0.15) is 18.2 Å². The number of nitrogens with one attached hydrogen (secondary N) is 1. The molecule has 0 saturated carbocycles. The van der Waals surface area contributed by atoms with E-state index in [9.17, 15) is 4.79 Å². The molecule has 2 aromatic heterocycles. The Hall–Kier alpha value is -3.30. The van der Waals surface area contributed by atoms with E-state index in [1.54, 1.807) is 24.5 Å². The molecule has 0 radical (unpaired) electrons. The fourth-order valence-corrected chi connectivity index (χ4v) is 3.86. The molecule has 1 aromatic carbocycles. The number of hydrogen-bond donors (Lipinski definition) is 2. The second-order valence-electron chi connectivity index (χ2n) is 7.81. The first-order chi connectivity index (χ1) is 15.6. The average Bonchev–Trinajstić information content (AvgIpc) is 3.13. The summed E-state index contributed by atoms with van der Waals surface area (Å²) in [5.41, 5.74) is 1.68. The van der Waals surface area contributed by atoms with Crippen molar-refractivity contribution in [2.45, 2.75) is 32.5 Å². The van der Waals surface area contributed by atoms with Crippen molar-refractivity contribution in [3.63, 3.8) is 0 Å². The van der Waals surface area contributed by atoms with Crippen LogP contribution in [0.5, 0.6) is 5.75 Å². The maximum absolute atomic E-state index is 12.5. The van der Waals surface area contributed by atoms with Crippen LogP contribution >= 0.6 is 0 Å². The molecule has 1 aliphatic rings. The van der Waals surface area contributed by atoms with Gasteiger partial charge in [0.15, 0.2) is 5.82 Å². The first kappa shape index (κ1) is 21.9. The number of carbonyl (C=O) groups is 1. The third kappa shape index (κ3) is 5.30. The molecule has 0 aliphatic carbocycles. The molecular formula is C23H28N6O3. The molecule has 0 spiro atoms. The van der Waals surface area contributed by atoms with E-state index >= 15 is 0 Å². The number of carbonyl (C=O) groups excluding carboxylic acids is 1. The molecule has 1 atom stereocenters. The van der Waals surface area contributed by atoms with Gasteiger partial charge in [-0.3, -0.25) is 14.7 Å². The van der Waals surface area contributed by atoms with Crippen LogP contribution < -0.4 is 10.1 Å². The standard InChI is InChI=1S/C23H28N6O3/c1-17(25-23(31)19-5-3-8-24-15-19)22-27-26-21-7-9-28(10-11-29(21)22)16-18-4-2-6-20(14-18)32-13-12-30/h2-6,8,14-15,17,30H,7,9-13,16H2,1H3,(H,25,31)/t17-/m0/s1. The second-order valence-corrected chi connectivity index (χ2v) is 7.81. The summed E-state index contributed by atoms with van der Waals surface area (Å²) in [5, 5.41) is 20.7. The fraction of sp³-hybridized carbons (Fsp3) is 0.391. The number of aliphatic hydroxyl groups excluding tert-OH is 1. The van der Waals surface area contributed by atoms with Gasteiger partial charge in [-0.15, -0.1) is 10.2 Å². The summed E-state index contributed by atoms with van der Waals surface area (Å²) in [4.78, 5) is 18.9. The van der Waals surface area contributed by atoms with Crippen molar-refractivity contribution < 1.29 is 14.6 Å². The van der Waals surface area contributed by atoms with Gasteiger partial charge in [0.05, 0.1) is 18.2 Å². The van der Waals surface area contributed by atoms with Crippen LogP contribution in [-0.2, 0) is 19.5 Å². The van der Waals surface area contributed by atoms with E-state index in [4.69, 9.17) is 9.84 Å². The number of nitrogens with zero attached hydrogens (tertiary/aromatic N) is 5. The van der Waals surface area contributed by atoms with Crippen LogP contribution in [0.3, 0.4) is 0 Å². The molecule has 1 amide bonds. The molecule has 0 unspecified atom stereocenters. The topological polar surface area (TPSA) is 105 Å². The lowest BCUT2D eigenvalue weighted by molar-refractivity contribution is 0.0937. The predicted molar refractivity (Wildman–Crippen MR) is 118 cm³/mol. The highest BCUT2D eigenvalue weighted by Gasteiger charge is 2.23. The first-order valence-electron chi connectivity index (χ1n) is 10.8. The molecule has 168 valence electrons. The van der Waals surface area contributed by atoms with Crippen LogP contribution in [0.4, 0.5) is 0 Å². The van der Waals surface area contributed by atoms with Gasteiger partial charge in [0.25, 0.3) is 5.91 Å². The Morgan fingerprint density at radius 3 is 2.94 bits per heavy atom. The molecule has 2 N–H and O–H groups in total. The maximum atomic E-state index is 12.5. The third-order valence-corrected chi connectivity index (χ3v) is 5.47. The Morgan fingerprint density at radius 1 is 1.22 bits per heavy atom. The lowest BCUT2D eigenvalue weighted by Gasteiger charge is -2.20. The monoisotopic (exact) mass is 436 g/mol. The number of amides is 1.